The third-order valence-corrected chi connectivity index (χ3v) is 5.47. The van der Waals surface area contributed by atoms with Gasteiger partial charge in [-0.25, -0.2) is 0 Å². The Morgan fingerprint density at radius 2 is 1.79 bits per heavy atom. The Kier molecular flexibility index (Phi) is 4.48. The van der Waals surface area contributed by atoms with Crippen LogP contribution in [-0.4, -0.2) is 41.3 Å². The maximum atomic E-state index is 12.5. The number of aromatic nitrogens is 7. The van der Waals surface area contributed by atoms with Gasteiger partial charge in [-0.05, 0) is 42.0 Å². The minimum absolute atomic E-state index is 0.284. The molecule has 0 spiro atoms. The van der Waals surface area contributed by atoms with Crippen molar-refractivity contribution in [3.63, 3.8) is 0 Å². The zero-order chi connectivity index (χ0) is 23.1. The van der Waals surface area contributed by atoms with E-state index in [0.717, 1.165) is 22.0 Å². The molecule has 0 saturated heterocycles. The molecule has 0 aliphatic heterocycles. The van der Waals surface area contributed by atoms with Crippen LogP contribution in [0.2, 0.25) is 0 Å². The van der Waals surface area contributed by atoms with Gasteiger partial charge in [0.05, 0.1) is 28.3 Å². The number of benzene rings is 2. The summed E-state index contributed by atoms with van der Waals surface area (Å²) in [6.07, 6.45) is 4.86. The summed E-state index contributed by atoms with van der Waals surface area (Å²) in [7, 11) is 0. The smallest absolute Gasteiger partial charge is 0.281 e. The van der Waals surface area contributed by atoms with Gasteiger partial charge in [-0.3, -0.25) is 24.8 Å². The summed E-state index contributed by atoms with van der Waals surface area (Å²) in [5, 5.41) is 18.0. The standard InChI is InChI=1S/C24H16N8O2/c33-23-16-3-1-2-4-18(16)28-22(29-23)21-17-10-13(5-6-19(17)31-32-21)14-9-15(12-25-11-14)27-24(34)20-7-8-26-30-20/h1-12H,(H,26,30)(H,27,34)(H,31,32)(H,28,29,33). The summed E-state index contributed by atoms with van der Waals surface area (Å²) in [4.78, 5) is 36.5. The van der Waals surface area contributed by atoms with Gasteiger partial charge >= 0.3 is 0 Å². The number of nitrogens with one attached hydrogen (secondary N) is 4. The lowest BCUT2D eigenvalue weighted by Gasteiger charge is -2.07. The van der Waals surface area contributed by atoms with Crippen LogP contribution in [-0.2, 0) is 0 Å². The topological polar surface area (TPSA) is 145 Å². The number of rotatable bonds is 4. The van der Waals surface area contributed by atoms with E-state index in [1.807, 2.05) is 36.4 Å². The second-order valence-electron chi connectivity index (χ2n) is 7.64. The van der Waals surface area contributed by atoms with Gasteiger partial charge in [0, 0.05) is 23.3 Å². The Bertz CT molecular complexity index is 1730. The number of para-hydroxylation sites is 1. The molecule has 0 bridgehead atoms. The first kappa shape index (κ1) is 19.6. The molecular weight excluding hydrogens is 432 g/mol. The van der Waals surface area contributed by atoms with Gasteiger partial charge in [0.25, 0.3) is 11.5 Å². The summed E-state index contributed by atoms with van der Waals surface area (Å²) in [5.74, 6) is 0.0457. The Morgan fingerprint density at radius 3 is 2.68 bits per heavy atom. The van der Waals surface area contributed by atoms with Crippen LogP contribution in [0.3, 0.4) is 0 Å². The van der Waals surface area contributed by atoms with Gasteiger partial charge in [-0.15, -0.1) is 0 Å². The summed E-state index contributed by atoms with van der Waals surface area (Å²) in [6, 6.07) is 16.4. The van der Waals surface area contributed by atoms with E-state index in [9.17, 15) is 9.59 Å². The van der Waals surface area contributed by atoms with Crippen LogP contribution in [0.5, 0.6) is 0 Å². The van der Waals surface area contributed by atoms with Crippen molar-refractivity contribution in [2.75, 3.05) is 5.32 Å². The minimum atomic E-state index is -0.334. The maximum absolute atomic E-state index is 12.5. The average Bonchev–Trinajstić information content (AvgIpc) is 3.54. The quantitative estimate of drug-likeness (QED) is 0.325. The van der Waals surface area contributed by atoms with Crippen molar-refractivity contribution in [2.45, 2.75) is 0 Å². The highest BCUT2D eigenvalue weighted by Gasteiger charge is 2.14. The van der Waals surface area contributed by atoms with Crippen molar-refractivity contribution in [1.82, 2.24) is 35.3 Å². The van der Waals surface area contributed by atoms with Gasteiger partial charge in [0.2, 0.25) is 0 Å². The van der Waals surface area contributed by atoms with E-state index in [2.05, 4.69) is 40.7 Å². The molecule has 2 aromatic carbocycles. The average molecular weight is 448 g/mol. The SMILES string of the molecule is O=C(Nc1cncc(-c2ccc3[nH]nc(-c4nc(=O)c5ccccc5[nH]4)c3c2)c1)c1cc[nH]n1. The van der Waals surface area contributed by atoms with Gasteiger partial charge in [0.1, 0.15) is 11.4 Å². The number of H-pyrrole nitrogens is 3. The summed E-state index contributed by atoms with van der Waals surface area (Å²) < 4.78 is 0. The third kappa shape index (κ3) is 3.39. The third-order valence-electron chi connectivity index (χ3n) is 5.47. The molecule has 0 aliphatic rings. The van der Waals surface area contributed by atoms with Crippen LogP contribution < -0.4 is 10.9 Å². The van der Waals surface area contributed by atoms with Crippen LogP contribution in [0.1, 0.15) is 10.5 Å². The van der Waals surface area contributed by atoms with Crippen molar-refractivity contribution in [3.8, 4) is 22.6 Å². The predicted molar refractivity (Wildman–Crippen MR) is 127 cm³/mol. The first-order valence-electron chi connectivity index (χ1n) is 10.4. The lowest BCUT2D eigenvalue weighted by atomic mass is 10.0. The van der Waals surface area contributed by atoms with E-state index in [0.29, 0.717) is 28.1 Å². The minimum Gasteiger partial charge on any atom is -0.338 e. The molecule has 4 aromatic heterocycles. The predicted octanol–water partition coefficient (Wildman–Crippen LogP) is 3.50. The molecule has 0 fully saturated rings. The zero-order valence-electron chi connectivity index (χ0n) is 17.5. The van der Waals surface area contributed by atoms with E-state index < -0.39 is 0 Å². The Balaban J connectivity index is 1.39. The zero-order valence-corrected chi connectivity index (χ0v) is 17.5. The number of anilines is 1. The molecule has 4 N–H and O–H groups in total. The molecule has 34 heavy (non-hydrogen) atoms. The number of fused-ring (bicyclic) bond motifs is 2. The Hall–Kier alpha value is -5.12. The number of hydrogen-bond acceptors (Lipinski definition) is 6. The molecule has 10 nitrogen and oxygen atoms in total. The van der Waals surface area contributed by atoms with E-state index in [-0.39, 0.29) is 17.2 Å². The second-order valence-corrected chi connectivity index (χ2v) is 7.64. The number of aromatic amines is 3. The molecule has 0 unspecified atom stereocenters. The molecule has 0 aliphatic carbocycles. The maximum Gasteiger partial charge on any atom is 0.281 e. The fourth-order valence-corrected chi connectivity index (χ4v) is 3.83. The molecule has 0 saturated carbocycles. The number of nitrogens with zero attached hydrogens (tertiary/aromatic N) is 4. The normalized spacial score (nSPS) is 11.2. The molecule has 4 heterocycles. The highest BCUT2D eigenvalue weighted by atomic mass is 16.2. The summed E-state index contributed by atoms with van der Waals surface area (Å²) in [6.45, 7) is 0. The molecule has 6 aromatic rings. The molecule has 6 rings (SSSR count). The van der Waals surface area contributed by atoms with Crippen LogP contribution in [0, 0.1) is 0 Å². The van der Waals surface area contributed by atoms with E-state index in [4.69, 9.17) is 0 Å². The fourth-order valence-electron chi connectivity index (χ4n) is 3.83. The summed E-state index contributed by atoms with van der Waals surface area (Å²) in [5.41, 5.74) is 4.19. The molecule has 0 atom stereocenters. The van der Waals surface area contributed by atoms with Crippen LogP contribution in [0.15, 0.2) is 78.0 Å². The van der Waals surface area contributed by atoms with Crippen molar-refractivity contribution >= 4 is 33.4 Å². The monoisotopic (exact) mass is 448 g/mol. The number of hydrogen-bond donors (Lipinski definition) is 4. The number of carbonyl (C=O) groups excluding carboxylic acids is 1. The van der Waals surface area contributed by atoms with Crippen molar-refractivity contribution in [2.24, 2.45) is 0 Å². The van der Waals surface area contributed by atoms with Crippen molar-refractivity contribution < 1.29 is 4.79 Å². The van der Waals surface area contributed by atoms with E-state index in [1.165, 1.54) is 0 Å². The van der Waals surface area contributed by atoms with E-state index >= 15 is 0 Å². The van der Waals surface area contributed by atoms with Crippen molar-refractivity contribution in [3.05, 3.63) is 89.2 Å². The van der Waals surface area contributed by atoms with Gasteiger partial charge in [0.15, 0.2) is 5.82 Å². The molecule has 10 heteroatoms. The van der Waals surface area contributed by atoms with E-state index in [1.54, 1.807) is 36.8 Å². The number of amides is 1. The Labute approximate surface area is 191 Å². The highest BCUT2D eigenvalue weighted by Crippen LogP contribution is 2.30. The largest absolute Gasteiger partial charge is 0.338 e. The fraction of sp³-hybridized carbons (Fsp3) is 0. The van der Waals surface area contributed by atoms with Crippen LogP contribution in [0.25, 0.3) is 44.5 Å². The first-order valence-corrected chi connectivity index (χ1v) is 10.4. The molecule has 164 valence electrons. The Morgan fingerprint density at radius 1 is 0.882 bits per heavy atom. The summed E-state index contributed by atoms with van der Waals surface area (Å²) >= 11 is 0. The van der Waals surface area contributed by atoms with Crippen LogP contribution >= 0.6 is 0 Å². The van der Waals surface area contributed by atoms with Crippen LogP contribution in [0.4, 0.5) is 5.69 Å². The molecule has 0 radical (unpaired) electrons. The molecular formula is C24H16N8O2. The van der Waals surface area contributed by atoms with Gasteiger partial charge in [-0.2, -0.15) is 15.2 Å². The lowest BCUT2D eigenvalue weighted by Crippen LogP contribution is -2.12. The van der Waals surface area contributed by atoms with Gasteiger partial charge in [-0.1, -0.05) is 18.2 Å². The van der Waals surface area contributed by atoms with Gasteiger partial charge < -0.3 is 10.3 Å². The number of pyridine rings is 1. The second kappa shape index (κ2) is 7.78. The van der Waals surface area contributed by atoms with Crippen molar-refractivity contribution in [1.29, 1.82) is 0 Å². The number of carbonyl (C=O) groups is 1. The lowest BCUT2D eigenvalue weighted by molar-refractivity contribution is 0.102. The molecule has 1 amide bonds. The first-order chi connectivity index (χ1) is 16.7. The highest BCUT2D eigenvalue weighted by molar-refractivity contribution is 6.03.